The third-order valence-corrected chi connectivity index (χ3v) is 4.39. The molecule has 1 heterocycles. The van der Waals surface area contributed by atoms with Gasteiger partial charge in [0.2, 0.25) is 5.91 Å². The van der Waals surface area contributed by atoms with E-state index < -0.39 is 0 Å². The average Bonchev–Trinajstić information content (AvgIpc) is 3.09. The third-order valence-electron chi connectivity index (χ3n) is 3.90. The normalized spacial score (nSPS) is 10.6. The minimum Gasteiger partial charge on any atom is -0.441 e. The van der Waals surface area contributed by atoms with Crippen LogP contribution in [0.2, 0.25) is 0 Å². The number of halogens is 1. The molecular formula is C20H19BrN2O2. The highest BCUT2D eigenvalue weighted by Crippen LogP contribution is 2.24. The number of carbonyl (C=O) groups excluding carboxylic acids is 1. The number of anilines is 1. The predicted octanol–water partition coefficient (Wildman–Crippen LogP) is 5.24. The van der Waals surface area contributed by atoms with Crippen LogP contribution in [0.5, 0.6) is 0 Å². The smallest absolute Gasteiger partial charge is 0.224 e. The monoisotopic (exact) mass is 398 g/mol. The number of nitrogens with one attached hydrogen (secondary N) is 1. The van der Waals surface area contributed by atoms with Crippen molar-refractivity contribution in [3.05, 3.63) is 70.7 Å². The minimum atomic E-state index is -0.0388. The molecule has 1 amide bonds. The van der Waals surface area contributed by atoms with E-state index in [0.717, 1.165) is 27.7 Å². The molecule has 0 atom stereocenters. The number of aromatic nitrogens is 1. The molecule has 0 fully saturated rings. The fourth-order valence-electron chi connectivity index (χ4n) is 2.58. The molecule has 5 heteroatoms. The fourth-order valence-corrected chi connectivity index (χ4v) is 2.98. The van der Waals surface area contributed by atoms with Gasteiger partial charge in [0.05, 0.1) is 6.20 Å². The van der Waals surface area contributed by atoms with E-state index in [4.69, 9.17) is 4.42 Å². The van der Waals surface area contributed by atoms with Gasteiger partial charge in [0.1, 0.15) is 0 Å². The van der Waals surface area contributed by atoms with E-state index in [1.807, 2.05) is 48.5 Å². The van der Waals surface area contributed by atoms with Crippen LogP contribution in [0.1, 0.15) is 24.8 Å². The van der Waals surface area contributed by atoms with Crippen molar-refractivity contribution in [2.24, 2.45) is 0 Å². The number of rotatable bonds is 6. The summed E-state index contributed by atoms with van der Waals surface area (Å²) in [4.78, 5) is 16.5. The molecule has 2 aromatic carbocycles. The number of carbonyl (C=O) groups is 1. The van der Waals surface area contributed by atoms with Crippen LogP contribution < -0.4 is 5.32 Å². The Labute approximate surface area is 155 Å². The SMILES string of the molecule is CCc1ccccc1NC(=O)CCc1ncc(-c2cccc(Br)c2)o1. The molecule has 1 N–H and O–H groups in total. The Hall–Kier alpha value is -2.40. The molecule has 1 aromatic heterocycles. The molecule has 0 bridgehead atoms. The molecule has 0 saturated carbocycles. The number of amides is 1. The van der Waals surface area contributed by atoms with Gasteiger partial charge in [-0.15, -0.1) is 0 Å². The van der Waals surface area contributed by atoms with Crippen LogP contribution in [0.3, 0.4) is 0 Å². The third kappa shape index (κ3) is 4.57. The molecule has 0 aliphatic heterocycles. The molecule has 0 spiro atoms. The molecular weight excluding hydrogens is 380 g/mol. The van der Waals surface area contributed by atoms with Crippen molar-refractivity contribution in [1.82, 2.24) is 4.98 Å². The maximum Gasteiger partial charge on any atom is 0.224 e. The van der Waals surface area contributed by atoms with Crippen molar-refractivity contribution in [1.29, 1.82) is 0 Å². The first-order chi connectivity index (χ1) is 12.2. The highest BCUT2D eigenvalue weighted by molar-refractivity contribution is 9.10. The van der Waals surface area contributed by atoms with E-state index in [0.29, 0.717) is 24.5 Å². The van der Waals surface area contributed by atoms with Gasteiger partial charge < -0.3 is 9.73 Å². The quantitative estimate of drug-likeness (QED) is 0.617. The van der Waals surface area contributed by atoms with Gasteiger partial charge in [-0.05, 0) is 30.2 Å². The second-order valence-electron chi connectivity index (χ2n) is 5.69. The minimum absolute atomic E-state index is 0.0388. The molecule has 0 aliphatic carbocycles. The topological polar surface area (TPSA) is 55.1 Å². The van der Waals surface area contributed by atoms with Gasteiger partial charge >= 0.3 is 0 Å². The molecule has 0 aliphatic rings. The van der Waals surface area contributed by atoms with Gasteiger partial charge in [-0.1, -0.05) is 53.2 Å². The molecule has 3 rings (SSSR count). The second-order valence-corrected chi connectivity index (χ2v) is 6.60. The molecule has 25 heavy (non-hydrogen) atoms. The molecule has 4 nitrogen and oxygen atoms in total. The Kier molecular flexibility index (Phi) is 5.66. The first-order valence-corrected chi connectivity index (χ1v) is 9.03. The summed E-state index contributed by atoms with van der Waals surface area (Å²) in [7, 11) is 0. The Balaban J connectivity index is 1.59. The zero-order valence-electron chi connectivity index (χ0n) is 14.0. The zero-order chi connectivity index (χ0) is 17.6. The van der Waals surface area contributed by atoms with Gasteiger partial charge in [0.15, 0.2) is 11.7 Å². The van der Waals surface area contributed by atoms with Crippen LogP contribution in [0.15, 0.2) is 63.6 Å². The van der Waals surface area contributed by atoms with Crippen molar-refractivity contribution in [3.8, 4) is 11.3 Å². The van der Waals surface area contributed by atoms with Crippen molar-refractivity contribution in [2.45, 2.75) is 26.2 Å². The van der Waals surface area contributed by atoms with E-state index in [1.54, 1.807) is 6.20 Å². The van der Waals surface area contributed by atoms with E-state index >= 15 is 0 Å². The molecule has 0 unspecified atom stereocenters. The van der Waals surface area contributed by atoms with Crippen LogP contribution in [-0.4, -0.2) is 10.9 Å². The summed E-state index contributed by atoms with van der Waals surface area (Å²) in [6.45, 7) is 2.07. The van der Waals surface area contributed by atoms with Crippen molar-refractivity contribution >= 4 is 27.5 Å². The van der Waals surface area contributed by atoms with E-state index in [9.17, 15) is 4.79 Å². The second kappa shape index (κ2) is 8.12. The number of benzene rings is 2. The Morgan fingerprint density at radius 2 is 2.04 bits per heavy atom. The summed E-state index contributed by atoms with van der Waals surface area (Å²) in [5.74, 6) is 1.23. The number of nitrogens with zero attached hydrogens (tertiary/aromatic N) is 1. The standard InChI is InChI=1S/C20H19BrN2O2/c1-2-14-6-3-4-9-17(14)23-19(24)10-11-20-22-13-18(25-20)15-7-5-8-16(21)12-15/h3-9,12-13H,2,10-11H2,1H3,(H,23,24). The number of hydrogen-bond donors (Lipinski definition) is 1. The number of aryl methyl sites for hydroxylation is 2. The maximum atomic E-state index is 12.2. The largest absolute Gasteiger partial charge is 0.441 e. The van der Waals surface area contributed by atoms with Crippen LogP contribution in [0, 0.1) is 0 Å². The lowest BCUT2D eigenvalue weighted by atomic mass is 10.1. The van der Waals surface area contributed by atoms with Crippen molar-refractivity contribution in [3.63, 3.8) is 0 Å². The fraction of sp³-hybridized carbons (Fsp3) is 0.200. The first-order valence-electron chi connectivity index (χ1n) is 8.24. The number of oxazole rings is 1. The van der Waals surface area contributed by atoms with Gasteiger partial charge in [0.25, 0.3) is 0 Å². The van der Waals surface area contributed by atoms with Crippen LogP contribution >= 0.6 is 15.9 Å². The summed E-state index contributed by atoms with van der Waals surface area (Å²) in [5.41, 5.74) is 2.95. The van der Waals surface area contributed by atoms with Gasteiger partial charge in [-0.2, -0.15) is 0 Å². The summed E-state index contributed by atoms with van der Waals surface area (Å²) in [5, 5.41) is 2.96. The predicted molar refractivity (Wildman–Crippen MR) is 102 cm³/mol. The van der Waals surface area contributed by atoms with Crippen molar-refractivity contribution < 1.29 is 9.21 Å². The Morgan fingerprint density at radius 3 is 2.84 bits per heavy atom. The van der Waals surface area contributed by atoms with E-state index in [-0.39, 0.29) is 5.91 Å². The van der Waals surface area contributed by atoms with E-state index in [1.165, 1.54) is 0 Å². The van der Waals surface area contributed by atoms with Crippen molar-refractivity contribution in [2.75, 3.05) is 5.32 Å². The molecule has 128 valence electrons. The summed E-state index contributed by atoms with van der Waals surface area (Å²) < 4.78 is 6.74. The lowest BCUT2D eigenvalue weighted by Crippen LogP contribution is -2.13. The highest BCUT2D eigenvalue weighted by atomic mass is 79.9. The van der Waals surface area contributed by atoms with Crippen LogP contribution in [0.25, 0.3) is 11.3 Å². The lowest BCUT2D eigenvalue weighted by Gasteiger charge is -2.08. The molecule has 0 radical (unpaired) electrons. The lowest BCUT2D eigenvalue weighted by molar-refractivity contribution is -0.116. The Bertz CT molecular complexity index is 873. The average molecular weight is 399 g/mol. The van der Waals surface area contributed by atoms with Gasteiger partial charge in [-0.3, -0.25) is 4.79 Å². The highest BCUT2D eigenvalue weighted by Gasteiger charge is 2.10. The summed E-state index contributed by atoms with van der Waals surface area (Å²) >= 11 is 3.44. The maximum absolute atomic E-state index is 12.2. The van der Waals surface area contributed by atoms with E-state index in [2.05, 4.69) is 33.2 Å². The van der Waals surface area contributed by atoms with Gasteiger partial charge in [0, 0.05) is 28.6 Å². The van der Waals surface area contributed by atoms with Crippen LogP contribution in [0.4, 0.5) is 5.69 Å². The van der Waals surface area contributed by atoms with Gasteiger partial charge in [-0.25, -0.2) is 4.98 Å². The summed E-state index contributed by atoms with van der Waals surface area (Å²) in [6.07, 6.45) is 3.37. The number of hydrogen-bond acceptors (Lipinski definition) is 3. The summed E-state index contributed by atoms with van der Waals surface area (Å²) in [6, 6.07) is 15.7. The first kappa shape index (κ1) is 17.4. The van der Waals surface area contributed by atoms with Crippen LogP contribution in [-0.2, 0) is 17.6 Å². The zero-order valence-corrected chi connectivity index (χ0v) is 15.5. The molecule has 0 saturated heterocycles. The Morgan fingerprint density at radius 1 is 1.20 bits per heavy atom. The molecule has 3 aromatic rings. The number of para-hydroxylation sites is 1.